The number of nitrogens with one attached hydrogen (secondary N) is 2. The van der Waals surface area contributed by atoms with E-state index in [4.69, 9.17) is 5.73 Å². The third-order valence-corrected chi connectivity index (χ3v) is 5.34. The van der Waals surface area contributed by atoms with Gasteiger partial charge in [-0.25, -0.2) is 4.98 Å². The van der Waals surface area contributed by atoms with Crippen LogP contribution in [0.2, 0.25) is 0 Å². The van der Waals surface area contributed by atoms with Crippen LogP contribution in [0.3, 0.4) is 0 Å². The fraction of sp³-hybridized carbons (Fsp3) is 0.333. The van der Waals surface area contributed by atoms with Crippen LogP contribution in [-0.4, -0.2) is 56.7 Å². The van der Waals surface area contributed by atoms with Gasteiger partial charge >= 0.3 is 0 Å². The van der Waals surface area contributed by atoms with E-state index in [0.29, 0.717) is 29.9 Å². The molecule has 4 N–H and O–H groups in total. The SMILES string of the molecule is CN1CCCC1CCNC(=O)c1ccc(Nc2nc(N)n(-c3ccccn3)n2)cc1. The minimum absolute atomic E-state index is 0.0657. The number of anilines is 3. The van der Waals surface area contributed by atoms with Crippen LogP contribution in [0.1, 0.15) is 29.6 Å². The molecule has 9 nitrogen and oxygen atoms in total. The number of pyridine rings is 1. The first-order chi connectivity index (χ1) is 14.6. The van der Waals surface area contributed by atoms with Crippen molar-refractivity contribution < 1.29 is 4.79 Å². The van der Waals surface area contributed by atoms with Crippen LogP contribution in [0, 0.1) is 0 Å². The van der Waals surface area contributed by atoms with Crippen molar-refractivity contribution in [2.24, 2.45) is 0 Å². The van der Waals surface area contributed by atoms with Gasteiger partial charge in [-0.15, -0.1) is 5.10 Å². The molecule has 3 heterocycles. The Morgan fingerprint density at radius 1 is 1.23 bits per heavy atom. The van der Waals surface area contributed by atoms with Crippen molar-refractivity contribution in [3.05, 3.63) is 54.2 Å². The second-order valence-electron chi connectivity index (χ2n) is 7.42. The van der Waals surface area contributed by atoms with E-state index in [9.17, 15) is 4.79 Å². The molecule has 156 valence electrons. The highest BCUT2D eigenvalue weighted by Crippen LogP contribution is 2.18. The summed E-state index contributed by atoms with van der Waals surface area (Å²) >= 11 is 0. The number of nitrogen functional groups attached to an aromatic ring is 1. The molecule has 3 aromatic rings. The third kappa shape index (κ3) is 4.57. The Bertz CT molecular complexity index is 986. The van der Waals surface area contributed by atoms with Crippen LogP contribution in [-0.2, 0) is 0 Å². The van der Waals surface area contributed by atoms with Crippen molar-refractivity contribution in [1.82, 2.24) is 30.0 Å². The molecule has 1 fully saturated rings. The van der Waals surface area contributed by atoms with Gasteiger partial charge in [-0.1, -0.05) is 6.07 Å². The van der Waals surface area contributed by atoms with Crippen LogP contribution in [0.25, 0.3) is 5.82 Å². The summed E-state index contributed by atoms with van der Waals surface area (Å²) in [5.74, 6) is 1.12. The van der Waals surface area contributed by atoms with Crippen LogP contribution in [0.4, 0.5) is 17.6 Å². The summed E-state index contributed by atoms with van der Waals surface area (Å²) in [6.45, 7) is 1.83. The quantitative estimate of drug-likeness (QED) is 0.551. The number of rotatable bonds is 7. The second-order valence-corrected chi connectivity index (χ2v) is 7.42. The van der Waals surface area contributed by atoms with Gasteiger partial charge in [-0.3, -0.25) is 4.79 Å². The molecule has 4 rings (SSSR count). The molecule has 1 aliphatic rings. The molecular weight excluding hydrogens is 380 g/mol. The van der Waals surface area contributed by atoms with Crippen LogP contribution in [0.5, 0.6) is 0 Å². The molecule has 1 aliphatic heterocycles. The van der Waals surface area contributed by atoms with E-state index >= 15 is 0 Å². The molecule has 1 atom stereocenters. The number of aromatic nitrogens is 4. The standard InChI is InChI=1S/C21H26N8O/c1-28-14-4-5-17(28)11-13-24-19(30)15-7-9-16(10-8-15)25-21-26-20(22)29(27-21)18-6-2-3-12-23-18/h2-3,6-10,12,17H,4-5,11,13-14H2,1H3,(H,24,30)(H3,22,25,26,27). The predicted molar refractivity (Wildman–Crippen MR) is 116 cm³/mol. The van der Waals surface area contributed by atoms with E-state index in [1.165, 1.54) is 17.5 Å². The predicted octanol–water partition coefficient (Wildman–Crippen LogP) is 2.20. The molecule has 1 saturated heterocycles. The van der Waals surface area contributed by atoms with Gasteiger partial charge in [0.2, 0.25) is 11.9 Å². The summed E-state index contributed by atoms with van der Waals surface area (Å²) in [4.78, 5) is 23.2. The number of carbonyl (C=O) groups is 1. The zero-order valence-corrected chi connectivity index (χ0v) is 17.0. The highest BCUT2D eigenvalue weighted by atomic mass is 16.1. The zero-order valence-electron chi connectivity index (χ0n) is 17.0. The Balaban J connectivity index is 1.33. The zero-order chi connectivity index (χ0) is 20.9. The monoisotopic (exact) mass is 406 g/mol. The number of nitrogens with two attached hydrogens (primary N) is 1. The summed E-state index contributed by atoms with van der Waals surface area (Å²) in [5.41, 5.74) is 7.32. The van der Waals surface area contributed by atoms with Gasteiger partial charge in [-0.05, 0) is 69.3 Å². The second kappa shape index (κ2) is 8.91. The van der Waals surface area contributed by atoms with E-state index in [1.54, 1.807) is 24.4 Å². The highest BCUT2D eigenvalue weighted by molar-refractivity contribution is 5.94. The number of benzene rings is 1. The normalized spacial score (nSPS) is 16.5. The smallest absolute Gasteiger partial charge is 0.251 e. The number of hydrogen-bond donors (Lipinski definition) is 3. The van der Waals surface area contributed by atoms with Crippen molar-refractivity contribution in [2.75, 3.05) is 31.2 Å². The molecule has 2 aromatic heterocycles. The van der Waals surface area contributed by atoms with Gasteiger partial charge in [0.1, 0.15) is 0 Å². The minimum atomic E-state index is -0.0657. The largest absolute Gasteiger partial charge is 0.368 e. The average Bonchev–Trinajstić information content (AvgIpc) is 3.34. The molecule has 0 aliphatic carbocycles. The summed E-state index contributed by atoms with van der Waals surface area (Å²) in [7, 11) is 2.15. The Morgan fingerprint density at radius 3 is 2.77 bits per heavy atom. The van der Waals surface area contributed by atoms with Crippen LogP contribution in [0.15, 0.2) is 48.7 Å². The van der Waals surface area contributed by atoms with Crippen molar-refractivity contribution in [2.45, 2.75) is 25.3 Å². The molecule has 1 unspecified atom stereocenters. The van der Waals surface area contributed by atoms with Gasteiger partial charge in [0.05, 0.1) is 0 Å². The lowest BCUT2D eigenvalue weighted by molar-refractivity contribution is 0.0950. The molecule has 0 radical (unpaired) electrons. The maximum absolute atomic E-state index is 12.4. The Hall–Kier alpha value is -3.46. The molecule has 30 heavy (non-hydrogen) atoms. The van der Waals surface area contributed by atoms with Crippen molar-refractivity contribution in [3.8, 4) is 5.82 Å². The lowest BCUT2D eigenvalue weighted by Gasteiger charge is -2.19. The van der Waals surface area contributed by atoms with E-state index in [2.05, 4.69) is 37.6 Å². The average molecular weight is 406 g/mol. The molecule has 0 spiro atoms. The van der Waals surface area contributed by atoms with Gasteiger partial charge < -0.3 is 21.3 Å². The van der Waals surface area contributed by atoms with Gasteiger partial charge in [-0.2, -0.15) is 9.67 Å². The van der Waals surface area contributed by atoms with Crippen LogP contribution < -0.4 is 16.4 Å². The molecule has 0 saturated carbocycles. The van der Waals surface area contributed by atoms with E-state index < -0.39 is 0 Å². The topological polar surface area (TPSA) is 114 Å². The molecule has 9 heteroatoms. The Labute approximate surface area is 175 Å². The number of hydrogen-bond acceptors (Lipinski definition) is 7. The fourth-order valence-electron chi connectivity index (χ4n) is 3.66. The van der Waals surface area contributed by atoms with Crippen molar-refractivity contribution in [1.29, 1.82) is 0 Å². The number of amides is 1. The Kier molecular flexibility index (Phi) is 5.89. The van der Waals surface area contributed by atoms with Gasteiger partial charge in [0, 0.05) is 30.0 Å². The molecule has 1 amide bonds. The first kappa shape index (κ1) is 19.8. The van der Waals surface area contributed by atoms with Crippen molar-refractivity contribution in [3.63, 3.8) is 0 Å². The minimum Gasteiger partial charge on any atom is -0.368 e. The van der Waals surface area contributed by atoms with Gasteiger partial charge in [0.25, 0.3) is 5.91 Å². The lowest BCUT2D eigenvalue weighted by Crippen LogP contribution is -2.31. The number of carbonyl (C=O) groups excluding carboxylic acids is 1. The van der Waals surface area contributed by atoms with E-state index in [1.807, 2.05) is 24.3 Å². The molecule has 1 aromatic carbocycles. The number of likely N-dealkylation sites (tertiary alicyclic amines) is 1. The first-order valence-corrected chi connectivity index (χ1v) is 10.1. The van der Waals surface area contributed by atoms with E-state index in [0.717, 1.165) is 18.7 Å². The lowest BCUT2D eigenvalue weighted by atomic mass is 10.1. The molecular formula is C21H26N8O. The molecule has 0 bridgehead atoms. The fourth-order valence-corrected chi connectivity index (χ4v) is 3.66. The van der Waals surface area contributed by atoms with Gasteiger partial charge in [0.15, 0.2) is 5.82 Å². The maximum atomic E-state index is 12.4. The van der Waals surface area contributed by atoms with E-state index in [-0.39, 0.29) is 11.9 Å². The number of nitrogens with zero attached hydrogens (tertiary/aromatic N) is 5. The van der Waals surface area contributed by atoms with Crippen molar-refractivity contribution >= 4 is 23.5 Å². The summed E-state index contributed by atoms with van der Waals surface area (Å²) in [6.07, 6.45) is 5.10. The highest BCUT2D eigenvalue weighted by Gasteiger charge is 2.20. The van der Waals surface area contributed by atoms with Crippen LogP contribution >= 0.6 is 0 Å². The Morgan fingerprint density at radius 2 is 2.07 bits per heavy atom. The summed E-state index contributed by atoms with van der Waals surface area (Å²) in [6, 6.07) is 13.2. The first-order valence-electron chi connectivity index (χ1n) is 10.1. The summed E-state index contributed by atoms with van der Waals surface area (Å²) in [5, 5.41) is 10.4. The maximum Gasteiger partial charge on any atom is 0.251 e. The summed E-state index contributed by atoms with van der Waals surface area (Å²) < 4.78 is 1.46. The third-order valence-electron chi connectivity index (χ3n) is 5.34.